The van der Waals surface area contributed by atoms with Crippen LogP contribution in [-0.2, 0) is 6.42 Å². The molecule has 3 aliphatic heterocycles. The predicted molar refractivity (Wildman–Crippen MR) is 445 cm³/mol. The third-order valence-corrected chi connectivity index (χ3v) is 21.4. The van der Waals surface area contributed by atoms with E-state index in [0.29, 0.717) is 123 Å². The molecule has 0 radical (unpaired) electrons. The van der Waals surface area contributed by atoms with E-state index in [0.717, 1.165) is 98.2 Å². The highest BCUT2D eigenvalue weighted by Gasteiger charge is 2.40. The van der Waals surface area contributed by atoms with Gasteiger partial charge >= 0.3 is 0 Å². The van der Waals surface area contributed by atoms with Crippen molar-refractivity contribution in [1.29, 1.82) is 0 Å². The first-order valence-electron chi connectivity index (χ1n) is 38.6. The number of carbonyl (C=O) groups excluding carboxylic acids is 8. The van der Waals surface area contributed by atoms with Gasteiger partial charge in [0.05, 0.1) is 19.9 Å². The molecule has 3 saturated heterocycles. The summed E-state index contributed by atoms with van der Waals surface area (Å²) in [6.45, 7) is 9.63. The SMILES string of the molecule is COc1ccc(NC2=C(N3CCCCC3)C(=O)c3ccccc3C2=O)cc1.COc1ccc(NC2=C(N3CCN(C)CC3)C(=O)c3ccccc3C2=O)cc1.C[C@@H](NC1=C(Cc2ccccc2)C(=O)c2ccccc2C1=O)c1ccccc1.O=C1C(Nc2ccccc2)=C(N2CCN(c3ccccc3)CC2)C(=O)c2ccccc21. The Morgan fingerprint density at radius 3 is 1.01 bits per heavy atom. The van der Waals surface area contributed by atoms with Crippen LogP contribution in [0, 0.1) is 0 Å². The summed E-state index contributed by atoms with van der Waals surface area (Å²) in [6.07, 6.45) is 3.64. The van der Waals surface area contributed by atoms with Gasteiger partial charge in [0.2, 0.25) is 40.5 Å². The van der Waals surface area contributed by atoms with Crippen molar-refractivity contribution in [3.63, 3.8) is 0 Å². The maximum Gasteiger partial charge on any atom is 0.212 e. The number of hydrogen-bond acceptors (Lipinski definition) is 19. The molecule has 7 aliphatic rings. The zero-order chi connectivity index (χ0) is 79.2. The van der Waals surface area contributed by atoms with Crippen LogP contribution in [0.4, 0.5) is 22.7 Å². The molecule has 114 heavy (non-hydrogen) atoms. The second-order valence-electron chi connectivity index (χ2n) is 28.6. The number of ketones is 8. The lowest BCUT2D eigenvalue weighted by atomic mass is 9.84. The monoisotopic (exact) mass is 1520 g/mol. The molecule has 0 spiro atoms. The second-order valence-corrected chi connectivity index (χ2v) is 28.6. The summed E-state index contributed by atoms with van der Waals surface area (Å²) >= 11 is 0. The highest BCUT2D eigenvalue weighted by Crippen LogP contribution is 2.37. The summed E-state index contributed by atoms with van der Waals surface area (Å²) < 4.78 is 10.4. The average molecular weight is 1520 g/mol. The number of piperidine rings is 1. The number of likely N-dealkylation sites (tertiary alicyclic amines) is 1. The first-order chi connectivity index (χ1) is 55.6. The zero-order valence-corrected chi connectivity index (χ0v) is 64.2. The largest absolute Gasteiger partial charge is 0.497 e. The van der Waals surface area contributed by atoms with Crippen LogP contribution in [-0.4, -0.2) is 153 Å². The average Bonchev–Trinajstić information content (AvgIpc) is 0.779. The Balaban J connectivity index is 0.000000126. The molecule has 4 aliphatic carbocycles. The van der Waals surface area contributed by atoms with Gasteiger partial charge in [-0.25, -0.2) is 0 Å². The number of likely N-dealkylation sites (N-methyl/N-ethyl adjacent to an activating group) is 1. The lowest BCUT2D eigenvalue weighted by molar-refractivity contribution is 0.0917. The molecular formula is C95H89N9O10. The minimum absolute atomic E-state index is 0.0805. The third kappa shape index (κ3) is 17.0. The number of rotatable bonds is 17. The van der Waals surface area contributed by atoms with Gasteiger partial charge in [-0.15, -0.1) is 0 Å². The van der Waals surface area contributed by atoms with Crippen LogP contribution in [0.3, 0.4) is 0 Å². The first kappa shape index (κ1) is 77.2. The number of fused-ring (bicyclic) bond motifs is 4. The van der Waals surface area contributed by atoms with Gasteiger partial charge in [0.15, 0.2) is 5.78 Å². The van der Waals surface area contributed by atoms with Gasteiger partial charge in [-0.2, -0.15) is 0 Å². The Morgan fingerprint density at radius 2 is 0.614 bits per heavy atom. The number of methoxy groups -OCH3 is 2. The summed E-state index contributed by atoms with van der Waals surface area (Å²) in [5, 5.41) is 13.0. The number of piperazine rings is 2. The van der Waals surface area contributed by atoms with Crippen molar-refractivity contribution < 1.29 is 47.8 Å². The molecular weight excluding hydrogens is 1430 g/mol. The summed E-state index contributed by atoms with van der Waals surface area (Å²) in [4.78, 5) is 117. The van der Waals surface area contributed by atoms with Crippen LogP contribution in [0.25, 0.3) is 0 Å². The van der Waals surface area contributed by atoms with Crippen LogP contribution in [0.15, 0.2) is 312 Å². The van der Waals surface area contributed by atoms with Gasteiger partial charge < -0.3 is 55.2 Å². The van der Waals surface area contributed by atoms with E-state index < -0.39 is 0 Å². The van der Waals surface area contributed by atoms with E-state index >= 15 is 0 Å². The van der Waals surface area contributed by atoms with Crippen LogP contribution < -0.4 is 35.6 Å². The number of nitrogens with zero attached hydrogens (tertiary/aromatic N) is 5. The summed E-state index contributed by atoms with van der Waals surface area (Å²) in [5.41, 5.74) is 12.7. The van der Waals surface area contributed by atoms with Gasteiger partial charge in [-0.1, -0.05) is 194 Å². The number of carbonyl (C=O) groups is 8. The molecule has 0 saturated carbocycles. The van der Waals surface area contributed by atoms with Crippen molar-refractivity contribution in [1.82, 2.24) is 24.9 Å². The first-order valence-corrected chi connectivity index (χ1v) is 38.6. The molecule has 10 aromatic rings. The molecule has 0 aromatic heterocycles. The fraction of sp³-hybridized carbons (Fsp3) is 0.200. The van der Waals surface area contributed by atoms with E-state index in [1.54, 1.807) is 105 Å². The molecule has 0 amide bonds. The summed E-state index contributed by atoms with van der Waals surface area (Å²) in [7, 11) is 5.28. The number of allylic oxidation sites excluding steroid dienone is 8. The standard InChI is InChI=1S/C26H23N3O2.C25H21NO2.C22H23N3O3.C22H22N2O3/c30-25-21-13-7-8-14-22(21)26(31)24(23(25)27-19-9-3-1-4-10-19)29-17-15-28(16-18-29)20-11-5-2-6-12-20;1-17(19-12-6-3-7-13-19)26-23-22(16-18-10-4-2-5-11-18)24(27)20-14-8-9-15-21(20)25(23)28;1-24-11-13-25(14-12-24)20-19(23-15-7-9-16(28-2)10-8-15)21(26)17-5-3-4-6-18(17)22(20)27;1-27-16-11-9-15(10-12-16)23-19-20(24-13-5-2-6-14-24)22(26)18-8-4-3-7-17(18)21(19)25/h1-14,27H,15-18H2;2-15,17,26H,16H2,1H3;3-10,23H,11-14H2,1-2H3;3-4,7-12,23H,2,5-6,13-14H2,1H3/t;17-;;/m.1../s1. The number of para-hydroxylation sites is 2. The van der Waals surface area contributed by atoms with Crippen molar-refractivity contribution in [2.75, 3.05) is 108 Å². The molecule has 0 unspecified atom stereocenters. The quantitative estimate of drug-likeness (QED) is 0.0666. The van der Waals surface area contributed by atoms with E-state index in [1.807, 2.05) is 176 Å². The van der Waals surface area contributed by atoms with E-state index in [9.17, 15) is 38.4 Å². The van der Waals surface area contributed by atoms with Gasteiger partial charge in [0, 0.05) is 151 Å². The summed E-state index contributed by atoms with van der Waals surface area (Å²) in [5.74, 6) is 0.560. The van der Waals surface area contributed by atoms with Crippen molar-refractivity contribution >= 4 is 69.0 Å². The molecule has 10 aromatic carbocycles. The van der Waals surface area contributed by atoms with Crippen molar-refractivity contribution in [2.24, 2.45) is 0 Å². The number of ether oxygens (including phenoxy) is 2. The molecule has 19 heteroatoms. The molecule has 3 heterocycles. The normalized spacial score (nSPS) is 16.4. The Hall–Kier alpha value is -13.5. The molecule has 0 bridgehead atoms. The highest BCUT2D eigenvalue weighted by molar-refractivity contribution is 6.30. The smallest absolute Gasteiger partial charge is 0.212 e. The van der Waals surface area contributed by atoms with Gasteiger partial charge in [-0.3, -0.25) is 38.4 Å². The minimum Gasteiger partial charge on any atom is -0.497 e. The Morgan fingerprint density at radius 1 is 0.307 bits per heavy atom. The van der Waals surface area contributed by atoms with Gasteiger partial charge in [0.1, 0.15) is 45.7 Å². The van der Waals surface area contributed by atoms with Crippen molar-refractivity contribution in [3.05, 3.63) is 368 Å². The lowest BCUT2D eigenvalue weighted by Gasteiger charge is -2.39. The molecule has 19 nitrogen and oxygen atoms in total. The number of benzene rings is 10. The third-order valence-electron chi connectivity index (χ3n) is 21.4. The topological polar surface area (TPSA) is 219 Å². The maximum atomic E-state index is 13.5. The minimum atomic E-state index is -0.153. The summed E-state index contributed by atoms with van der Waals surface area (Å²) in [6, 6.07) is 82.3. The highest BCUT2D eigenvalue weighted by atomic mass is 16.5. The fourth-order valence-corrected chi connectivity index (χ4v) is 15.2. The maximum absolute atomic E-state index is 13.5. The molecule has 17 rings (SSSR count). The fourth-order valence-electron chi connectivity index (χ4n) is 15.2. The Labute approximate surface area is 663 Å². The Bertz CT molecular complexity index is 5390. The molecule has 574 valence electrons. The second kappa shape index (κ2) is 35.7. The van der Waals surface area contributed by atoms with E-state index in [4.69, 9.17) is 9.47 Å². The van der Waals surface area contributed by atoms with Crippen molar-refractivity contribution in [2.45, 2.75) is 38.6 Å². The number of nitrogens with one attached hydrogen (secondary N) is 4. The van der Waals surface area contributed by atoms with Gasteiger partial charge in [-0.05, 0) is 117 Å². The lowest BCUT2D eigenvalue weighted by Crippen LogP contribution is -2.48. The van der Waals surface area contributed by atoms with Crippen LogP contribution in [0.1, 0.15) is 126 Å². The molecule has 1 atom stereocenters. The predicted octanol–water partition coefficient (Wildman–Crippen LogP) is 15.7. The number of Topliss-reactive ketones (excluding diaryl/α,β-unsaturated/α-hetero) is 8. The van der Waals surface area contributed by atoms with Gasteiger partial charge in [0.25, 0.3) is 0 Å². The number of anilines is 4. The van der Waals surface area contributed by atoms with E-state index in [1.165, 1.54) is 5.69 Å². The Kier molecular flexibility index (Phi) is 24.2. The van der Waals surface area contributed by atoms with Crippen LogP contribution in [0.5, 0.6) is 11.5 Å². The van der Waals surface area contributed by atoms with E-state index in [2.05, 4.69) is 60.0 Å². The van der Waals surface area contributed by atoms with E-state index in [-0.39, 0.29) is 52.3 Å². The number of hydrogen-bond donors (Lipinski definition) is 4. The van der Waals surface area contributed by atoms with Crippen molar-refractivity contribution in [3.8, 4) is 11.5 Å². The zero-order valence-electron chi connectivity index (χ0n) is 64.2. The van der Waals surface area contributed by atoms with Crippen LogP contribution >= 0.6 is 0 Å². The molecule has 3 fully saturated rings. The van der Waals surface area contributed by atoms with Crippen LogP contribution in [0.2, 0.25) is 0 Å². The molecule has 4 N–H and O–H groups in total.